The molecule has 0 saturated heterocycles. The third-order valence-electron chi connectivity index (χ3n) is 0.784. The minimum atomic E-state index is -1.86. The lowest BCUT2D eigenvalue weighted by molar-refractivity contribution is 0.463. The molecule has 0 bridgehead atoms. The van der Waals surface area contributed by atoms with Crippen LogP contribution in [0.1, 0.15) is 19.8 Å². The lowest BCUT2D eigenvalue weighted by Crippen LogP contribution is -2.06. The highest BCUT2D eigenvalue weighted by atomic mass is 31.2. The van der Waals surface area contributed by atoms with Crippen LogP contribution in [0.15, 0.2) is 0 Å². The minimum Gasteiger partial charge on any atom is -0.338 e. The molecule has 3 nitrogen and oxygen atoms in total. The van der Waals surface area contributed by atoms with Crippen molar-refractivity contribution < 1.29 is 9.79 Å². The van der Waals surface area contributed by atoms with Gasteiger partial charge < -0.3 is 9.79 Å². The Labute approximate surface area is 50.7 Å². The molecule has 0 aliphatic rings. The molecule has 0 heterocycles. The predicted molar refractivity (Wildman–Crippen MR) is 34.3 cm³/mol. The zero-order chi connectivity index (χ0) is 6.41. The standard InChI is InChI=1S/C4H12NO2P/c1-2-3-4-5-8(6)7/h5-7H,2-4H2,1H3. The topological polar surface area (TPSA) is 52.5 Å². The van der Waals surface area contributed by atoms with Gasteiger partial charge in [-0.2, -0.15) is 0 Å². The van der Waals surface area contributed by atoms with Crippen molar-refractivity contribution in [1.82, 2.24) is 5.09 Å². The van der Waals surface area contributed by atoms with E-state index in [1.54, 1.807) is 0 Å². The van der Waals surface area contributed by atoms with Crippen molar-refractivity contribution in [3.63, 3.8) is 0 Å². The fraction of sp³-hybridized carbons (Fsp3) is 1.00. The lowest BCUT2D eigenvalue weighted by Gasteiger charge is -2.01. The number of rotatable bonds is 4. The van der Waals surface area contributed by atoms with Crippen molar-refractivity contribution in [3.8, 4) is 0 Å². The Hall–Kier alpha value is 0.310. The van der Waals surface area contributed by atoms with E-state index in [1.807, 2.05) is 0 Å². The Balaban J connectivity index is 2.72. The fourth-order valence-corrected chi connectivity index (χ4v) is 0.714. The molecule has 0 aliphatic carbocycles. The normalized spacial score (nSPS) is 10.5. The highest BCUT2D eigenvalue weighted by molar-refractivity contribution is 7.42. The van der Waals surface area contributed by atoms with Crippen LogP contribution >= 0.6 is 8.53 Å². The summed E-state index contributed by atoms with van der Waals surface area (Å²) in [5.41, 5.74) is 0. The van der Waals surface area contributed by atoms with Crippen LogP contribution in [0.2, 0.25) is 0 Å². The first kappa shape index (κ1) is 8.31. The van der Waals surface area contributed by atoms with Crippen molar-refractivity contribution in [1.29, 1.82) is 0 Å². The monoisotopic (exact) mass is 137 g/mol. The summed E-state index contributed by atoms with van der Waals surface area (Å²) in [5, 5.41) is 2.52. The van der Waals surface area contributed by atoms with Gasteiger partial charge in [-0.05, 0) is 6.42 Å². The van der Waals surface area contributed by atoms with E-state index in [0.29, 0.717) is 6.54 Å². The molecule has 4 heteroatoms. The summed E-state index contributed by atoms with van der Waals surface area (Å²) in [4.78, 5) is 16.6. The van der Waals surface area contributed by atoms with E-state index in [1.165, 1.54) is 0 Å². The van der Waals surface area contributed by atoms with Crippen LogP contribution in [0.5, 0.6) is 0 Å². The molecule has 8 heavy (non-hydrogen) atoms. The Morgan fingerprint density at radius 3 is 2.50 bits per heavy atom. The van der Waals surface area contributed by atoms with Crippen LogP contribution < -0.4 is 5.09 Å². The van der Waals surface area contributed by atoms with Gasteiger partial charge in [0.2, 0.25) is 8.53 Å². The quantitative estimate of drug-likeness (QED) is 0.392. The average molecular weight is 137 g/mol. The lowest BCUT2D eigenvalue weighted by atomic mass is 10.3. The van der Waals surface area contributed by atoms with Crippen LogP contribution in [0.4, 0.5) is 0 Å². The highest BCUT2D eigenvalue weighted by Crippen LogP contribution is 2.14. The molecule has 0 amide bonds. The zero-order valence-corrected chi connectivity index (χ0v) is 5.86. The molecule has 0 aromatic carbocycles. The Kier molecular flexibility index (Phi) is 5.66. The van der Waals surface area contributed by atoms with Gasteiger partial charge in [-0.1, -0.05) is 13.3 Å². The second kappa shape index (κ2) is 5.45. The molecule has 0 rings (SSSR count). The maximum Gasteiger partial charge on any atom is 0.250 e. The first-order valence-electron chi connectivity index (χ1n) is 2.68. The van der Waals surface area contributed by atoms with E-state index in [4.69, 9.17) is 9.79 Å². The second-order valence-electron chi connectivity index (χ2n) is 1.55. The Bertz CT molecular complexity index is 51.3. The number of hydrogen-bond donors (Lipinski definition) is 3. The van der Waals surface area contributed by atoms with E-state index in [2.05, 4.69) is 12.0 Å². The molecule has 0 radical (unpaired) electrons. The average Bonchev–Trinajstić information content (AvgIpc) is 1.66. The van der Waals surface area contributed by atoms with Gasteiger partial charge in [-0.25, -0.2) is 0 Å². The summed E-state index contributed by atoms with van der Waals surface area (Å²) in [6, 6.07) is 0. The van der Waals surface area contributed by atoms with Gasteiger partial charge in [0.15, 0.2) is 0 Å². The smallest absolute Gasteiger partial charge is 0.250 e. The number of unbranched alkanes of at least 4 members (excludes halogenated alkanes) is 1. The van der Waals surface area contributed by atoms with E-state index in [-0.39, 0.29) is 0 Å². The maximum atomic E-state index is 8.29. The van der Waals surface area contributed by atoms with Crippen LogP contribution in [0.3, 0.4) is 0 Å². The van der Waals surface area contributed by atoms with Gasteiger partial charge in [0, 0.05) is 6.54 Å². The molecule has 0 aliphatic heterocycles. The molecular formula is C4H12NO2P. The molecule has 3 N–H and O–H groups in total. The van der Waals surface area contributed by atoms with Crippen molar-refractivity contribution in [2.24, 2.45) is 0 Å². The van der Waals surface area contributed by atoms with Crippen LogP contribution in [-0.2, 0) is 0 Å². The number of nitrogens with one attached hydrogen (secondary N) is 1. The first-order chi connectivity index (χ1) is 3.77. The van der Waals surface area contributed by atoms with Crippen LogP contribution in [0.25, 0.3) is 0 Å². The fourth-order valence-electron chi connectivity index (χ4n) is 0.356. The molecular weight excluding hydrogens is 125 g/mol. The molecule has 0 aromatic rings. The van der Waals surface area contributed by atoms with Crippen molar-refractivity contribution in [2.75, 3.05) is 6.54 Å². The summed E-state index contributed by atoms with van der Waals surface area (Å²) in [6.07, 6.45) is 2.08. The Morgan fingerprint density at radius 2 is 2.12 bits per heavy atom. The van der Waals surface area contributed by atoms with Gasteiger partial charge in [0.1, 0.15) is 0 Å². The minimum absolute atomic E-state index is 0.704. The molecule has 0 aromatic heterocycles. The van der Waals surface area contributed by atoms with Gasteiger partial charge in [0.05, 0.1) is 0 Å². The largest absolute Gasteiger partial charge is 0.338 e. The summed E-state index contributed by atoms with van der Waals surface area (Å²) in [7, 11) is -1.86. The van der Waals surface area contributed by atoms with Crippen molar-refractivity contribution in [2.45, 2.75) is 19.8 Å². The van der Waals surface area contributed by atoms with E-state index >= 15 is 0 Å². The first-order valence-corrected chi connectivity index (χ1v) is 3.93. The van der Waals surface area contributed by atoms with E-state index < -0.39 is 8.53 Å². The Morgan fingerprint density at radius 1 is 1.50 bits per heavy atom. The van der Waals surface area contributed by atoms with Crippen LogP contribution in [-0.4, -0.2) is 16.3 Å². The third kappa shape index (κ3) is 6.31. The molecule has 0 spiro atoms. The second-order valence-corrected chi connectivity index (χ2v) is 2.45. The molecule has 0 saturated carbocycles. The summed E-state index contributed by atoms with van der Waals surface area (Å²) in [5.74, 6) is 0. The molecule has 0 atom stereocenters. The third-order valence-corrected chi connectivity index (χ3v) is 1.29. The summed E-state index contributed by atoms with van der Waals surface area (Å²) >= 11 is 0. The number of hydrogen-bond acceptors (Lipinski definition) is 3. The van der Waals surface area contributed by atoms with E-state index in [0.717, 1.165) is 12.8 Å². The highest BCUT2D eigenvalue weighted by Gasteiger charge is 1.92. The molecule has 0 unspecified atom stereocenters. The molecule has 0 fully saturated rings. The van der Waals surface area contributed by atoms with Gasteiger partial charge in [-0.15, -0.1) is 0 Å². The van der Waals surface area contributed by atoms with Crippen molar-refractivity contribution in [3.05, 3.63) is 0 Å². The van der Waals surface area contributed by atoms with Gasteiger partial charge >= 0.3 is 0 Å². The van der Waals surface area contributed by atoms with Crippen molar-refractivity contribution >= 4 is 8.53 Å². The van der Waals surface area contributed by atoms with Crippen LogP contribution in [0, 0.1) is 0 Å². The van der Waals surface area contributed by atoms with Gasteiger partial charge in [0.25, 0.3) is 0 Å². The van der Waals surface area contributed by atoms with Gasteiger partial charge in [-0.3, -0.25) is 5.09 Å². The molecule has 50 valence electrons. The SMILES string of the molecule is CCCCNP(O)O. The zero-order valence-electron chi connectivity index (χ0n) is 4.96. The van der Waals surface area contributed by atoms with E-state index in [9.17, 15) is 0 Å². The summed E-state index contributed by atoms with van der Waals surface area (Å²) in [6.45, 7) is 2.76. The maximum absolute atomic E-state index is 8.29. The predicted octanol–water partition coefficient (Wildman–Crippen LogP) is 0.588. The summed E-state index contributed by atoms with van der Waals surface area (Å²) < 4.78 is 0.